The number of nitrogens with one attached hydrogen (secondary N) is 2. The lowest BCUT2D eigenvalue weighted by Crippen LogP contribution is -2.42. The van der Waals surface area contributed by atoms with E-state index in [9.17, 15) is 33.0 Å². The van der Waals surface area contributed by atoms with Crippen LogP contribution in [-0.4, -0.2) is 49.6 Å². The van der Waals surface area contributed by atoms with Gasteiger partial charge >= 0.3 is 6.09 Å². The van der Waals surface area contributed by atoms with Crippen LogP contribution < -0.4 is 14.8 Å². The lowest BCUT2D eigenvalue weighted by Gasteiger charge is -2.17. The van der Waals surface area contributed by atoms with Gasteiger partial charge in [-0.1, -0.05) is 72.6 Å². The standard InChI is InChI=1S/C33H35ClN2O9S/c1-5-27(45-33(41)35-19-22-9-7-6-8-10-22)32(40)36-46(42,43)29-17-21(12-15-24(29)34)13-16-25(37)30-28(44-4)18-26(38)23(31(30)39)14-11-20(2)3/h6-13,15-18,27,38-39H,5,14,19H2,1-4H3,(H,35,41)(H,36,40). The van der Waals surface area contributed by atoms with Crippen LogP contribution in [0.25, 0.3) is 6.08 Å². The molecule has 13 heteroatoms. The Kier molecular flexibility index (Phi) is 12.4. The Labute approximate surface area is 272 Å². The molecule has 3 aromatic rings. The maximum Gasteiger partial charge on any atom is 0.408 e. The van der Waals surface area contributed by atoms with E-state index in [1.165, 1.54) is 31.4 Å². The summed E-state index contributed by atoms with van der Waals surface area (Å²) in [5.41, 5.74) is 1.90. The Hall–Kier alpha value is -4.81. The van der Waals surface area contributed by atoms with Crippen LogP contribution in [0.5, 0.6) is 17.2 Å². The van der Waals surface area contributed by atoms with Gasteiger partial charge < -0.3 is 25.0 Å². The summed E-state index contributed by atoms with van der Waals surface area (Å²) in [4.78, 5) is 37.8. The predicted octanol–water partition coefficient (Wildman–Crippen LogP) is 5.67. The first kappa shape index (κ1) is 35.7. The number of carbonyl (C=O) groups is 3. The fourth-order valence-corrected chi connectivity index (χ4v) is 5.72. The van der Waals surface area contributed by atoms with Crippen LogP contribution in [-0.2, 0) is 32.5 Å². The number of benzene rings is 3. The van der Waals surface area contributed by atoms with Crippen molar-refractivity contribution in [2.75, 3.05) is 7.11 Å². The van der Waals surface area contributed by atoms with Gasteiger partial charge in [0.25, 0.3) is 15.9 Å². The molecule has 4 N–H and O–H groups in total. The Balaban J connectivity index is 1.78. The minimum atomic E-state index is -4.55. The van der Waals surface area contributed by atoms with Gasteiger partial charge in [0, 0.05) is 18.2 Å². The molecule has 46 heavy (non-hydrogen) atoms. The van der Waals surface area contributed by atoms with Gasteiger partial charge in [-0.3, -0.25) is 9.59 Å². The van der Waals surface area contributed by atoms with Crippen LogP contribution >= 0.6 is 11.6 Å². The molecule has 0 aliphatic heterocycles. The van der Waals surface area contributed by atoms with Crippen molar-refractivity contribution in [2.45, 2.75) is 51.2 Å². The lowest BCUT2D eigenvalue weighted by atomic mass is 9.99. The van der Waals surface area contributed by atoms with Crippen molar-refractivity contribution in [3.8, 4) is 17.2 Å². The van der Waals surface area contributed by atoms with Crippen LogP contribution in [0.15, 0.2) is 77.2 Å². The Morgan fingerprint density at radius 2 is 1.74 bits per heavy atom. The number of phenols is 2. The van der Waals surface area contributed by atoms with E-state index in [4.69, 9.17) is 21.1 Å². The van der Waals surface area contributed by atoms with Gasteiger partial charge in [0.15, 0.2) is 11.9 Å². The van der Waals surface area contributed by atoms with E-state index in [2.05, 4.69) is 5.32 Å². The molecule has 0 aliphatic rings. The molecule has 3 rings (SSSR count). The van der Waals surface area contributed by atoms with Crippen molar-refractivity contribution in [1.29, 1.82) is 0 Å². The molecular weight excluding hydrogens is 636 g/mol. The summed E-state index contributed by atoms with van der Waals surface area (Å²) in [7, 11) is -3.27. The second-order valence-corrected chi connectivity index (χ2v) is 12.3. The molecule has 0 aromatic heterocycles. The summed E-state index contributed by atoms with van der Waals surface area (Å²) in [5, 5.41) is 23.5. The van der Waals surface area contributed by atoms with Gasteiger partial charge in [-0.2, -0.15) is 0 Å². The highest BCUT2D eigenvalue weighted by molar-refractivity contribution is 7.90. The number of phenolic OH excluding ortho intramolecular Hbond substituents is 2. The average molecular weight is 671 g/mol. The number of aromatic hydroxyl groups is 2. The van der Waals surface area contributed by atoms with Crippen LogP contribution in [0.2, 0.25) is 5.02 Å². The minimum Gasteiger partial charge on any atom is -0.507 e. The number of halogens is 1. The maximum absolute atomic E-state index is 13.2. The van der Waals surface area contributed by atoms with Crippen LogP contribution in [0.3, 0.4) is 0 Å². The molecule has 1 atom stereocenters. The van der Waals surface area contributed by atoms with Crippen molar-refractivity contribution in [3.05, 3.63) is 99.6 Å². The third kappa shape index (κ3) is 9.35. The number of methoxy groups -OCH3 is 1. The SMILES string of the molecule is CCC(OC(=O)NCc1ccccc1)C(=O)NS(=O)(=O)c1cc(C=CC(=O)c2c(OC)cc(O)c(CC=C(C)C)c2O)ccc1Cl. The fraction of sp³-hybridized carbons (Fsp3) is 0.242. The average Bonchev–Trinajstić information content (AvgIpc) is 3.01. The van der Waals surface area contributed by atoms with Gasteiger partial charge in [-0.05, 0) is 56.0 Å². The molecule has 244 valence electrons. The van der Waals surface area contributed by atoms with Crippen molar-refractivity contribution in [2.24, 2.45) is 0 Å². The smallest absolute Gasteiger partial charge is 0.408 e. The fourth-order valence-electron chi connectivity index (χ4n) is 4.18. The molecule has 0 radical (unpaired) electrons. The van der Waals surface area contributed by atoms with Crippen molar-refractivity contribution in [3.63, 3.8) is 0 Å². The first-order valence-corrected chi connectivity index (χ1v) is 16.0. The van der Waals surface area contributed by atoms with E-state index in [0.717, 1.165) is 23.3 Å². The summed E-state index contributed by atoms with van der Waals surface area (Å²) in [6, 6.07) is 14.1. The summed E-state index contributed by atoms with van der Waals surface area (Å²) in [5.74, 6) is -2.52. The first-order valence-electron chi connectivity index (χ1n) is 14.1. The van der Waals surface area contributed by atoms with Crippen LogP contribution in [0.4, 0.5) is 4.79 Å². The summed E-state index contributed by atoms with van der Waals surface area (Å²) < 4.78 is 38.5. The Morgan fingerprint density at radius 1 is 1.04 bits per heavy atom. The minimum absolute atomic E-state index is 0.0116. The van der Waals surface area contributed by atoms with E-state index < -0.39 is 44.6 Å². The molecule has 2 amide bonds. The van der Waals surface area contributed by atoms with Crippen molar-refractivity contribution in [1.82, 2.24) is 10.0 Å². The zero-order chi connectivity index (χ0) is 34.0. The number of amides is 2. The zero-order valence-corrected chi connectivity index (χ0v) is 27.2. The Bertz CT molecular complexity index is 1770. The molecule has 11 nitrogen and oxygen atoms in total. The number of sulfonamides is 1. The second kappa shape index (κ2) is 16.0. The highest BCUT2D eigenvalue weighted by Crippen LogP contribution is 2.39. The second-order valence-electron chi connectivity index (χ2n) is 10.3. The molecule has 0 saturated carbocycles. The molecular formula is C33H35ClN2O9S. The van der Waals surface area contributed by atoms with E-state index in [1.54, 1.807) is 37.3 Å². The van der Waals surface area contributed by atoms with E-state index in [0.29, 0.717) is 0 Å². The molecule has 3 aromatic carbocycles. The summed E-state index contributed by atoms with van der Waals surface area (Å²) >= 11 is 6.17. The van der Waals surface area contributed by atoms with E-state index in [-0.39, 0.29) is 52.6 Å². The Morgan fingerprint density at radius 3 is 2.37 bits per heavy atom. The number of ether oxygens (including phenoxy) is 2. The van der Waals surface area contributed by atoms with Gasteiger partial charge in [-0.15, -0.1) is 0 Å². The van der Waals surface area contributed by atoms with E-state index >= 15 is 0 Å². The molecule has 0 heterocycles. The largest absolute Gasteiger partial charge is 0.507 e. The molecule has 0 saturated heterocycles. The number of hydrogen-bond acceptors (Lipinski definition) is 9. The van der Waals surface area contributed by atoms with Gasteiger partial charge in [0.05, 0.1) is 12.1 Å². The van der Waals surface area contributed by atoms with Crippen molar-refractivity contribution < 1.29 is 42.5 Å². The first-order chi connectivity index (χ1) is 21.8. The zero-order valence-electron chi connectivity index (χ0n) is 25.7. The maximum atomic E-state index is 13.2. The lowest BCUT2D eigenvalue weighted by molar-refractivity contribution is -0.127. The normalized spacial score (nSPS) is 11.8. The number of carbonyl (C=O) groups excluding carboxylic acids is 3. The van der Waals surface area contributed by atoms with Crippen LogP contribution in [0, 0.1) is 0 Å². The van der Waals surface area contributed by atoms with E-state index in [1.807, 2.05) is 24.6 Å². The van der Waals surface area contributed by atoms with Gasteiger partial charge in [0.2, 0.25) is 0 Å². The third-order valence-corrected chi connectivity index (χ3v) is 8.45. The van der Waals surface area contributed by atoms with Crippen LogP contribution in [0.1, 0.15) is 54.2 Å². The third-order valence-electron chi connectivity index (χ3n) is 6.63. The summed E-state index contributed by atoms with van der Waals surface area (Å²) in [6.45, 7) is 5.38. The molecule has 1 unspecified atom stereocenters. The monoisotopic (exact) mass is 670 g/mol. The predicted molar refractivity (Wildman–Crippen MR) is 173 cm³/mol. The summed E-state index contributed by atoms with van der Waals surface area (Å²) in [6.07, 6.45) is 1.99. The number of ketones is 1. The quantitative estimate of drug-likeness (QED) is 0.102. The van der Waals surface area contributed by atoms with Crippen molar-refractivity contribution >= 4 is 45.5 Å². The molecule has 0 aliphatic carbocycles. The highest BCUT2D eigenvalue weighted by Gasteiger charge is 2.28. The van der Waals surface area contributed by atoms with Gasteiger partial charge in [0.1, 0.15) is 27.7 Å². The number of rotatable bonds is 13. The highest BCUT2D eigenvalue weighted by atomic mass is 35.5. The number of hydrogen-bond donors (Lipinski definition) is 4. The number of alkyl carbamates (subject to hydrolysis) is 1. The molecule has 0 bridgehead atoms. The molecule has 0 spiro atoms. The van der Waals surface area contributed by atoms with Gasteiger partial charge in [-0.25, -0.2) is 17.9 Å². The molecule has 0 fully saturated rings. The topological polar surface area (TPSA) is 168 Å². The number of allylic oxidation sites excluding steroid dienone is 3.